The summed E-state index contributed by atoms with van der Waals surface area (Å²) in [4.78, 5) is 25.6. The standard InChI is InChI=1S/C21H17F2N13O/c22-13-1-2-14(16(23)3-13)15(5-37)17(4-33-9-24-6-28-33)34-12-27-18-19(34)31-21(36-11-26-8-30-36)32-20(18)35-10-25-7-29-35/h1-3,6-12,15,17,37H,4-5H2/t15-,17+/m1/s1. The van der Waals surface area contributed by atoms with Crippen LogP contribution in [0, 0.1) is 11.6 Å². The van der Waals surface area contributed by atoms with Crippen molar-refractivity contribution < 1.29 is 13.9 Å². The molecule has 37 heavy (non-hydrogen) atoms. The summed E-state index contributed by atoms with van der Waals surface area (Å²) in [5, 5.41) is 22.9. The first-order valence-electron chi connectivity index (χ1n) is 10.9. The summed E-state index contributed by atoms with van der Waals surface area (Å²) in [7, 11) is 0. The van der Waals surface area contributed by atoms with Gasteiger partial charge in [-0.2, -0.15) is 29.9 Å². The maximum atomic E-state index is 14.9. The third kappa shape index (κ3) is 4.08. The SMILES string of the molecule is OC[C@H](c1ccc(F)cc1F)[C@H](Cn1cncn1)n1cnc2c(-n3cncn3)nc(-n3cncn3)nc21. The van der Waals surface area contributed by atoms with Crippen molar-refractivity contribution in [3.63, 3.8) is 0 Å². The highest BCUT2D eigenvalue weighted by Gasteiger charge is 2.30. The Hall–Kier alpha value is -4.99. The van der Waals surface area contributed by atoms with Crippen LogP contribution in [0.4, 0.5) is 8.78 Å². The van der Waals surface area contributed by atoms with Gasteiger partial charge in [0.25, 0.3) is 5.95 Å². The van der Waals surface area contributed by atoms with E-state index in [2.05, 4.69) is 45.2 Å². The minimum Gasteiger partial charge on any atom is -0.396 e. The second kappa shape index (κ2) is 9.23. The number of fused-ring (bicyclic) bond motifs is 1. The number of aliphatic hydroxyl groups excluding tert-OH is 1. The minimum atomic E-state index is -0.832. The average Bonchev–Trinajstić information content (AvgIpc) is 3.72. The summed E-state index contributed by atoms with van der Waals surface area (Å²) in [6.07, 6.45) is 9.96. The van der Waals surface area contributed by atoms with Gasteiger partial charge in [0.05, 0.1) is 25.5 Å². The van der Waals surface area contributed by atoms with Crippen molar-refractivity contribution in [2.45, 2.75) is 18.5 Å². The van der Waals surface area contributed by atoms with Crippen molar-refractivity contribution in [2.75, 3.05) is 6.61 Å². The zero-order valence-electron chi connectivity index (χ0n) is 18.9. The van der Waals surface area contributed by atoms with E-state index in [-0.39, 0.29) is 18.1 Å². The zero-order chi connectivity index (χ0) is 25.4. The second-order valence-corrected chi connectivity index (χ2v) is 7.99. The van der Waals surface area contributed by atoms with Gasteiger partial charge in [0.15, 0.2) is 17.0 Å². The molecule has 0 radical (unpaired) electrons. The third-order valence-electron chi connectivity index (χ3n) is 5.87. The molecule has 16 heteroatoms. The highest BCUT2D eigenvalue weighted by Crippen LogP contribution is 2.34. The molecule has 0 aliphatic carbocycles. The first-order chi connectivity index (χ1) is 18.1. The molecule has 6 rings (SSSR count). The molecule has 186 valence electrons. The van der Waals surface area contributed by atoms with Crippen molar-refractivity contribution in [1.82, 2.24) is 63.8 Å². The molecule has 1 N–H and O–H groups in total. The number of hydrogen-bond acceptors (Lipinski definition) is 10. The largest absolute Gasteiger partial charge is 0.396 e. The number of halogens is 2. The smallest absolute Gasteiger partial charge is 0.256 e. The van der Waals surface area contributed by atoms with Crippen LogP contribution in [0.15, 0.2) is 62.5 Å². The number of hydrogen-bond donors (Lipinski definition) is 1. The molecule has 5 heterocycles. The van der Waals surface area contributed by atoms with Gasteiger partial charge in [0.2, 0.25) is 0 Å². The first-order valence-corrected chi connectivity index (χ1v) is 10.9. The van der Waals surface area contributed by atoms with Crippen molar-refractivity contribution >= 4 is 11.2 Å². The van der Waals surface area contributed by atoms with Crippen molar-refractivity contribution in [1.29, 1.82) is 0 Å². The Morgan fingerprint density at radius 2 is 1.62 bits per heavy atom. The molecule has 6 aromatic rings. The summed E-state index contributed by atoms with van der Waals surface area (Å²) in [6, 6.07) is 2.56. The van der Waals surface area contributed by atoms with Gasteiger partial charge in [-0.25, -0.2) is 33.4 Å². The summed E-state index contributed by atoms with van der Waals surface area (Å²) in [5.74, 6) is -1.85. The molecule has 0 amide bonds. The topological polar surface area (TPSA) is 156 Å². The van der Waals surface area contributed by atoms with Crippen LogP contribution in [-0.2, 0) is 6.54 Å². The fourth-order valence-corrected chi connectivity index (χ4v) is 4.18. The lowest BCUT2D eigenvalue weighted by atomic mass is 9.91. The Kier molecular flexibility index (Phi) is 5.61. The molecule has 0 saturated heterocycles. The van der Waals surface area contributed by atoms with Crippen molar-refractivity contribution in [3.05, 3.63) is 79.7 Å². The lowest BCUT2D eigenvalue weighted by molar-refractivity contribution is 0.210. The number of rotatable bonds is 8. The molecule has 14 nitrogen and oxygen atoms in total. The summed E-state index contributed by atoms with van der Waals surface area (Å²) < 4.78 is 34.6. The molecule has 1 aromatic carbocycles. The molecular formula is C21H17F2N13O. The average molecular weight is 505 g/mol. The molecular weight excluding hydrogens is 488 g/mol. The molecule has 0 aliphatic rings. The number of nitrogens with zero attached hydrogens (tertiary/aromatic N) is 13. The molecule has 2 atom stereocenters. The predicted molar refractivity (Wildman–Crippen MR) is 120 cm³/mol. The van der Waals surface area contributed by atoms with Gasteiger partial charge in [0.1, 0.15) is 49.6 Å². The predicted octanol–water partition coefficient (Wildman–Crippen LogP) is 0.875. The number of benzene rings is 1. The quantitative estimate of drug-likeness (QED) is 0.315. The van der Waals surface area contributed by atoms with Crippen molar-refractivity contribution in [3.8, 4) is 11.8 Å². The van der Waals surface area contributed by atoms with Crippen LogP contribution < -0.4 is 0 Å². The molecule has 0 aliphatic heterocycles. The van der Waals surface area contributed by atoms with Gasteiger partial charge in [0, 0.05) is 12.0 Å². The van der Waals surface area contributed by atoms with Crippen LogP contribution in [-0.4, -0.2) is 75.5 Å². The Morgan fingerprint density at radius 3 is 2.30 bits per heavy atom. The normalized spacial score (nSPS) is 13.3. The van der Waals surface area contributed by atoms with E-state index in [4.69, 9.17) is 0 Å². The van der Waals surface area contributed by atoms with Gasteiger partial charge >= 0.3 is 0 Å². The van der Waals surface area contributed by atoms with Gasteiger partial charge in [-0.1, -0.05) is 6.07 Å². The Labute approximate surface area is 205 Å². The van der Waals surface area contributed by atoms with E-state index in [1.165, 1.54) is 59.7 Å². The number of imidazole rings is 1. The van der Waals surface area contributed by atoms with Gasteiger partial charge < -0.3 is 9.67 Å². The fraction of sp³-hybridized carbons (Fsp3) is 0.190. The maximum absolute atomic E-state index is 14.9. The van der Waals surface area contributed by atoms with Crippen LogP contribution in [0.25, 0.3) is 22.9 Å². The highest BCUT2D eigenvalue weighted by atomic mass is 19.1. The summed E-state index contributed by atoms with van der Waals surface area (Å²) in [6.45, 7) is -0.298. The first kappa shape index (κ1) is 22.5. The highest BCUT2D eigenvalue weighted by molar-refractivity contribution is 5.79. The van der Waals surface area contributed by atoms with E-state index in [9.17, 15) is 13.9 Å². The van der Waals surface area contributed by atoms with Gasteiger partial charge in [-0.15, -0.1) is 0 Å². The number of aromatic nitrogens is 13. The fourth-order valence-electron chi connectivity index (χ4n) is 4.18. The van der Waals surface area contributed by atoms with E-state index >= 15 is 0 Å². The second-order valence-electron chi connectivity index (χ2n) is 7.99. The molecule has 5 aromatic heterocycles. The summed E-state index contributed by atoms with van der Waals surface area (Å²) in [5.41, 5.74) is 0.837. The molecule has 0 saturated carbocycles. The van der Waals surface area contributed by atoms with Gasteiger partial charge in [-0.3, -0.25) is 4.68 Å². The Bertz CT molecular complexity index is 1630. The zero-order valence-corrected chi connectivity index (χ0v) is 18.9. The van der Waals surface area contributed by atoms with E-state index < -0.39 is 30.2 Å². The Morgan fingerprint density at radius 1 is 0.865 bits per heavy atom. The summed E-state index contributed by atoms with van der Waals surface area (Å²) >= 11 is 0. The van der Waals surface area contributed by atoms with E-state index in [1.54, 1.807) is 9.25 Å². The lowest BCUT2D eigenvalue weighted by Gasteiger charge is -2.28. The molecule has 0 fully saturated rings. The van der Waals surface area contributed by atoms with E-state index in [1.807, 2.05) is 0 Å². The van der Waals surface area contributed by atoms with Crippen LogP contribution in [0.1, 0.15) is 17.5 Å². The minimum absolute atomic E-state index is 0.123. The monoisotopic (exact) mass is 505 g/mol. The molecule has 0 unspecified atom stereocenters. The van der Waals surface area contributed by atoms with Crippen LogP contribution in [0.2, 0.25) is 0 Å². The molecule has 0 spiro atoms. The van der Waals surface area contributed by atoms with Crippen LogP contribution in [0.5, 0.6) is 0 Å². The number of aliphatic hydroxyl groups is 1. The Balaban J connectivity index is 1.57. The van der Waals surface area contributed by atoms with Crippen molar-refractivity contribution in [2.24, 2.45) is 0 Å². The van der Waals surface area contributed by atoms with E-state index in [0.717, 1.165) is 12.1 Å². The lowest BCUT2D eigenvalue weighted by Crippen LogP contribution is -2.26. The van der Waals surface area contributed by atoms with Gasteiger partial charge in [-0.05, 0) is 11.6 Å². The van der Waals surface area contributed by atoms with Crippen LogP contribution in [0.3, 0.4) is 0 Å². The van der Waals surface area contributed by atoms with Crippen LogP contribution >= 0.6 is 0 Å². The third-order valence-corrected chi connectivity index (χ3v) is 5.87. The molecule has 0 bridgehead atoms. The maximum Gasteiger partial charge on any atom is 0.256 e. The van der Waals surface area contributed by atoms with E-state index in [0.29, 0.717) is 17.0 Å².